The summed E-state index contributed by atoms with van der Waals surface area (Å²) in [5, 5.41) is 0. The number of nitrogens with zero attached hydrogens (tertiary/aromatic N) is 1. The van der Waals surface area contributed by atoms with Gasteiger partial charge in [0.1, 0.15) is 0 Å². The molecule has 0 aromatic heterocycles. The number of nitrogen functional groups attached to an aromatic ring is 1. The largest absolute Gasteiger partial charge is 0.396 e. The first-order valence-electron chi connectivity index (χ1n) is 4.41. The Labute approximate surface area is 86.5 Å². The zero-order valence-electron chi connectivity index (χ0n) is 8.60. The van der Waals surface area contributed by atoms with Crippen LogP contribution in [0.3, 0.4) is 0 Å². The van der Waals surface area contributed by atoms with Crippen molar-refractivity contribution in [3.63, 3.8) is 0 Å². The van der Waals surface area contributed by atoms with Crippen LogP contribution in [-0.4, -0.2) is 25.5 Å². The molecule has 0 aliphatic carbocycles. The summed E-state index contributed by atoms with van der Waals surface area (Å²) < 4.78 is 40.3. The summed E-state index contributed by atoms with van der Waals surface area (Å²) in [7, 11) is 3.00. The van der Waals surface area contributed by atoms with E-state index in [-0.39, 0.29) is 5.69 Å². The van der Waals surface area contributed by atoms with E-state index in [1.54, 1.807) is 0 Å². The van der Waals surface area contributed by atoms with Crippen molar-refractivity contribution >= 4 is 5.69 Å². The second-order valence-electron chi connectivity index (χ2n) is 3.65. The normalized spacial score (nSPS) is 12.1. The van der Waals surface area contributed by atoms with Crippen molar-refractivity contribution in [1.29, 1.82) is 0 Å². The highest BCUT2D eigenvalue weighted by atomic mass is 19.3. The molecule has 15 heavy (non-hydrogen) atoms. The van der Waals surface area contributed by atoms with Crippen molar-refractivity contribution in [2.75, 3.05) is 26.4 Å². The number of anilines is 1. The number of alkyl halides is 2. The number of rotatable bonds is 3. The van der Waals surface area contributed by atoms with Crippen LogP contribution in [0, 0.1) is 5.82 Å². The number of benzene rings is 1. The third kappa shape index (κ3) is 2.62. The highest BCUT2D eigenvalue weighted by molar-refractivity contribution is 5.44. The van der Waals surface area contributed by atoms with E-state index >= 15 is 0 Å². The summed E-state index contributed by atoms with van der Waals surface area (Å²) in [6.45, 7) is -0.548. The van der Waals surface area contributed by atoms with Gasteiger partial charge in [-0.2, -0.15) is 8.78 Å². The van der Waals surface area contributed by atoms with Gasteiger partial charge in [0.25, 0.3) is 5.92 Å². The monoisotopic (exact) mass is 218 g/mol. The van der Waals surface area contributed by atoms with Crippen LogP contribution in [0.1, 0.15) is 5.56 Å². The highest BCUT2D eigenvalue weighted by Gasteiger charge is 2.35. The molecule has 0 bridgehead atoms. The summed E-state index contributed by atoms with van der Waals surface area (Å²) in [4.78, 5) is 1.29. The maximum atomic E-state index is 13.5. The molecule has 0 atom stereocenters. The third-order valence-corrected chi connectivity index (χ3v) is 1.94. The SMILES string of the molecule is CN(C)CC(F)(F)c1cccc(N)c1F. The molecule has 0 fully saturated rings. The van der Waals surface area contributed by atoms with Gasteiger partial charge >= 0.3 is 0 Å². The van der Waals surface area contributed by atoms with E-state index < -0.39 is 23.8 Å². The average molecular weight is 218 g/mol. The zero-order valence-corrected chi connectivity index (χ0v) is 8.60. The maximum absolute atomic E-state index is 13.5. The molecule has 1 rings (SSSR count). The first-order valence-corrected chi connectivity index (χ1v) is 4.41. The second kappa shape index (κ2) is 4.10. The van der Waals surface area contributed by atoms with Gasteiger partial charge < -0.3 is 10.6 Å². The van der Waals surface area contributed by atoms with Crippen LogP contribution >= 0.6 is 0 Å². The lowest BCUT2D eigenvalue weighted by atomic mass is 10.1. The van der Waals surface area contributed by atoms with E-state index in [1.165, 1.54) is 31.1 Å². The Bertz CT molecular complexity index is 351. The fraction of sp³-hybridized carbons (Fsp3) is 0.400. The predicted molar refractivity (Wildman–Crippen MR) is 53.3 cm³/mol. The van der Waals surface area contributed by atoms with Gasteiger partial charge in [-0.3, -0.25) is 0 Å². The smallest absolute Gasteiger partial charge is 0.288 e. The van der Waals surface area contributed by atoms with E-state index in [2.05, 4.69) is 0 Å². The Balaban J connectivity index is 3.09. The highest BCUT2D eigenvalue weighted by Crippen LogP contribution is 2.32. The molecule has 0 spiro atoms. The first-order chi connectivity index (χ1) is 6.84. The molecule has 0 saturated carbocycles. The van der Waals surface area contributed by atoms with Crippen molar-refractivity contribution in [2.24, 2.45) is 0 Å². The van der Waals surface area contributed by atoms with Crippen LogP contribution in [-0.2, 0) is 5.92 Å². The van der Waals surface area contributed by atoms with Gasteiger partial charge in [0.15, 0.2) is 5.82 Å². The van der Waals surface area contributed by atoms with Gasteiger partial charge in [0.05, 0.1) is 17.8 Å². The topological polar surface area (TPSA) is 29.3 Å². The van der Waals surface area contributed by atoms with Crippen molar-refractivity contribution in [2.45, 2.75) is 5.92 Å². The van der Waals surface area contributed by atoms with E-state index in [1.807, 2.05) is 0 Å². The summed E-state index contributed by atoms with van der Waals surface area (Å²) in [6, 6.07) is 3.62. The Morgan fingerprint density at radius 2 is 1.93 bits per heavy atom. The molecular weight excluding hydrogens is 205 g/mol. The Hall–Kier alpha value is -1.23. The number of hydrogen-bond donors (Lipinski definition) is 1. The van der Waals surface area contributed by atoms with Gasteiger partial charge in [-0.15, -0.1) is 0 Å². The molecule has 5 heteroatoms. The molecule has 84 valence electrons. The third-order valence-electron chi connectivity index (χ3n) is 1.94. The number of halogens is 3. The molecule has 1 aromatic rings. The Morgan fingerprint density at radius 3 is 2.47 bits per heavy atom. The van der Waals surface area contributed by atoms with Crippen LogP contribution < -0.4 is 5.73 Å². The second-order valence-corrected chi connectivity index (χ2v) is 3.65. The molecule has 0 unspecified atom stereocenters. The zero-order chi connectivity index (χ0) is 11.6. The van der Waals surface area contributed by atoms with Gasteiger partial charge in [0.2, 0.25) is 0 Å². The summed E-state index contributed by atoms with van der Waals surface area (Å²) in [5.41, 5.74) is 4.31. The van der Waals surface area contributed by atoms with E-state index in [0.29, 0.717) is 0 Å². The summed E-state index contributed by atoms with van der Waals surface area (Å²) in [5.74, 6) is -4.27. The van der Waals surface area contributed by atoms with Crippen LogP contribution in [0.15, 0.2) is 18.2 Å². The lowest BCUT2D eigenvalue weighted by molar-refractivity contribution is -0.0299. The van der Waals surface area contributed by atoms with Crippen molar-refractivity contribution in [1.82, 2.24) is 4.90 Å². The molecule has 0 saturated heterocycles. The predicted octanol–water partition coefficient (Wildman–Crippen LogP) is 2.06. The molecule has 2 N–H and O–H groups in total. The fourth-order valence-electron chi connectivity index (χ4n) is 1.31. The quantitative estimate of drug-likeness (QED) is 0.787. The van der Waals surface area contributed by atoms with Gasteiger partial charge in [0, 0.05) is 0 Å². The molecule has 0 radical (unpaired) electrons. The van der Waals surface area contributed by atoms with Gasteiger partial charge in [-0.05, 0) is 26.2 Å². The minimum absolute atomic E-state index is 0.258. The lowest BCUT2D eigenvalue weighted by Crippen LogP contribution is -2.30. The van der Waals surface area contributed by atoms with Crippen molar-refractivity contribution < 1.29 is 13.2 Å². The number of hydrogen-bond acceptors (Lipinski definition) is 2. The lowest BCUT2D eigenvalue weighted by Gasteiger charge is -2.21. The average Bonchev–Trinajstić information content (AvgIpc) is 2.07. The molecule has 1 aromatic carbocycles. The Kier molecular flexibility index (Phi) is 3.24. The summed E-state index contributed by atoms with van der Waals surface area (Å²) in [6.07, 6.45) is 0. The Morgan fingerprint density at radius 1 is 1.33 bits per heavy atom. The fourth-order valence-corrected chi connectivity index (χ4v) is 1.31. The van der Waals surface area contributed by atoms with Crippen molar-refractivity contribution in [3.8, 4) is 0 Å². The minimum Gasteiger partial charge on any atom is -0.396 e. The molecule has 0 aliphatic rings. The number of nitrogens with two attached hydrogens (primary N) is 1. The van der Waals surface area contributed by atoms with E-state index in [9.17, 15) is 13.2 Å². The van der Waals surface area contributed by atoms with Crippen LogP contribution in [0.4, 0.5) is 18.9 Å². The molecule has 2 nitrogen and oxygen atoms in total. The molecular formula is C10H13F3N2. The van der Waals surface area contributed by atoms with Gasteiger partial charge in [-0.1, -0.05) is 6.07 Å². The van der Waals surface area contributed by atoms with Gasteiger partial charge in [-0.25, -0.2) is 4.39 Å². The van der Waals surface area contributed by atoms with Crippen LogP contribution in [0.25, 0.3) is 0 Å². The number of likely N-dealkylation sites (N-methyl/N-ethyl adjacent to an activating group) is 1. The van der Waals surface area contributed by atoms with E-state index in [4.69, 9.17) is 5.73 Å². The minimum atomic E-state index is -3.23. The van der Waals surface area contributed by atoms with Crippen molar-refractivity contribution in [3.05, 3.63) is 29.6 Å². The van der Waals surface area contributed by atoms with E-state index in [0.717, 1.165) is 6.07 Å². The first kappa shape index (κ1) is 11.8. The molecule has 0 aliphatic heterocycles. The van der Waals surface area contributed by atoms with Crippen LogP contribution in [0.2, 0.25) is 0 Å². The standard InChI is InChI=1S/C10H13F3N2/c1-15(2)6-10(12,13)7-4-3-5-8(14)9(7)11/h3-5H,6,14H2,1-2H3. The molecule has 0 heterocycles. The summed E-state index contributed by atoms with van der Waals surface area (Å²) >= 11 is 0. The van der Waals surface area contributed by atoms with Crippen LogP contribution in [0.5, 0.6) is 0 Å². The molecule has 0 amide bonds. The maximum Gasteiger partial charge on any atom is 0.288 e.